The average Bonchev–Trinajstić information content (AvgIpc) is 2.16. The number of pyridine rings is 1. The molecule has 1 N–H and O–H groups in total. The number of carboxylic acids is 1. The number of carboxylic acid groups (broad SMARTS) is 1. The van der Waals surface area contributed by atoms with Gasteiger partial charge in [-0.1, -0.05) is 11.6 Å². The second-order valence-corrected chi connectivity index (χ2v) is 2.75. The van der Waals surface area contributed by atoms with Crippen LogP contribution in [0.15, 0.2) is 18.3 Å². The maximum absolute atomic E-state index is 10.2. The van der Waals surface area contributed by atoms with Crippen LogP contribution in [0.1, 0.15) is 11.1 Å². The van der Waals surface area contributed by atoms with Gasteiger partial charge in [0.2, 0.25) is 0 Å². The fourth-order valence-electron chi connectivity index (χ4n) is 0.804. The Hall–Kier alpha value is -1.86. The lowest BCUT2D eigenvalue weighted by molar-refractivity contribution is -0.131. The number of carbonyl (C=O) groups is 1. The van der Waals surface area contributed by atoms with E-state index in [1.54, 1.807) is 0 Å². The van der Waals surface area contributed by atoms with E-state index in [0.717, 1.165) is 6.08 Å². The Labute approximate surface area is 85.1 Å². The third-order valence-electron chi connectivity index (χ3n) is 1.40. The van der Waals surface area contributed by atoms with Crippen molar-refractivity contribution in [1.82, 2.24) is 4.98 Å². The molecule has 14 heavy (non-hydrogen) atoms. The summed E-state index contributed by atoms with van der Waals surface area (Å²) in [4.78, 5) is 13.9. The quantitative estimate of drug-likeness (QED) is 0.593. The van der Waals surface area contributed by atoms with Gasteiger partial charge in [0.1, 0.15) is 11.2 Å². The minimum Gasteiger partial charge on any atom is -0.478 e. The van der Waals surface area contributed by atoms with E-state index in [1.165, 1.54) is 18.3 Å². The van der Waals surface area contributed by atoms with Crippen LogP contribution in [0, 0.1) is 11.3 Å². The zero-order chi connectivity index (χ0) is 10.6. The van der Waals surface area contributed by atoms with Gasteiger partial charge in [-0.2, -0.15) is 5.26 Å². The molecule has 5 heteroatoms. The van der Waals surface area contributed by atoms with Gasteiger partial charge in [-0.05, 0) is 12.1 Å². The minimum absolute atomic E-state index is 0.168. The summed E-state index contributed by atoms with van der Waals surface area (Å²) in [6.07, 6.45) is 3.54. The highest BCUT2D eigenvalue weighted by Crippen LogP contribution is 2.15. The van der Waals surface area contributed by atoms with Crippen molar-refractivity contribution in [3.05, 3.63) is 34.6 Å². The van der Waals surface area contributed by atoms with Gasteiger partial charge in [-0.25, -0.2) is 9.78 Å². The number of nitrogens with zero attached hydrogens (tertiary/aromatic N) is 2. The summed E-state index contributed by atoms with van der Waals surface area (Å²) in [6.45, 7) is 0. The van der Waals surface area contributed by atoms with Crippen LogP contribution in [0.25, 0.3) is 6.08 Å². The Morgan fingerprint density at radius 3 is 3.00 bits per heavy atom. The zero-order valence-corrected chi connectivity index (χ0v) is 7.69. The first-order valence-electron chi connectivity index (χ1n) is 3.60. The molecular formula is C9H5ClN2O2. The van der Waals surface area contributed by atoms with Crippen molar-refractivity contribution < 1.29 is 9.90 Å². The molecule has 0 aromatic carbocycles. The van der Waals surface area contributed by atoms with Crippen molar-refractivity contribution in [2.45, 2.75) is 0 Å². The van der Waals surface area contributed by atoms with Crippen molar-refractivity contribution in [2.24, 2.45) is 0 Å². The van der Waals surface area contributed by atoms with Gasteiger partial charge in [-0.15, -0.1) is 0 Å². The van der Waals surface area contributed by atoms with E-state index in [2.05, 4.69) is 4.98 Å². The van der Waals surface area contributed by atoms with Gasteiger partial charge in [0.25, 0.3) is 0 Å². The molecule has 0 spiro atoms. The fourth-order valence-corrected chi connectivity index (χ4v) is 0.971. The zero-order valence-electron chi connectivity index (χ0n) is 6.94. The SMILES string of the molecule is N#Cc1cnc(Cl)c(C=CC(=O)O)c1. The van der Waals surface area contributed by atoms with Gasteiger partial charge in [0.15, 0.2) is 0 Å². The van der Waals surface area contributed by atoms with Crippen LogP contribution in [0.3, 0.4) is 0 Å². The Morgan fingerprint density at radius 1 is 1.71 bits per heavy atom. The van der Waals surface area contributed by atoms with Crippen LogP contribution in [0.2, 0.25) is 5.15 Å². The third-order valence-corrected chi connectivity index (χ3v) is 1.72. The molecule has 0 unspecified atom stereocenters. The lowest BCUT2D eigenvalue weighted by Gasteiger charge is -1.96. The van der Waals surface area contributed by atoms with Crippen LogP contribution in [-0.4, -0.2) is 16.1 Å². The van der Waals surface area contributed by atoms with Gasteiger partial charge in [0, 0.05) is 17.8 Å². The molecule has 1 heterocycles. The molecular weight excluding hydrogens is 204 g/mol. The highest BCUT2D eigenvalue weighted by Gasteiger charge is 2.00. The summed E-state index contributed by atoms with van der Waals surface area (Å²) in [5.74, 6) is -1.08. The molecule has 0 radical (unpaired) electrons. The molecule has 0 aliphatic heterocycles. The van der Waals surface area contributed by atoms with Crippen molar-refractivity contribution in [1.29, 1.82) is 5.26 Å². The fraction of sp³-hybridized carbons (Fsp3) is 0. The summed E-state index contributed by atoms with van der Waals surface area (Å²) in [5.41, 5.74) is 0.743. The number of hydrogen-bond donors (Lipinski definition) is 1. The topological polar surface area (TPSA) is 74.0 Å². The first kappa shape index (κ1) is 10.2. The second kappa shape index (κ2) is 4.40. The number of aliphatic carboxylic acids is 1. The summed E-state index contributed by atoms with van der Waals surface area (Å²) in [7, 11) is 0. The third kappa shape index (κ3) is 2.57. The molecule has 0 atom stereocenters. The Kier molecular flexibility index (Phi) is 3.21. The van der Waals surface area contributed by atoms with E-state index < -0.39 is 5.97 Å². The smallest absolute Gasteiger partial charge is 0.328 e. The molecule has 0 aliphatic carbocycles. The van der Waals surface area contributed by atoms with Crippen molar-refractivity contribution >= 4 is 23.6 Å². The predicted molar refractivity (Wildman–Crippen MR) is 50.6 cm³/mol. The molecule has 0 fully saturated rings. The van der Waals surface area contributed by atoms with E-state index in [-0.39, 0.29) is 5.15 Å². The number of nitriles is 1. The van der Waals surface area contributed by atoms with Crippen LogP contribution < -0.4 is 0 Å². The average molecular weight is 209 g/mol. The number of rotatable bonds is 2. The van der Waals surface area contributed by atoms with E-state index in [9.17, 15) is 4.79 Å². The Bertz CT molecular complexity index is 435. The summed E-state index contributed by atoms with van der Waals surface area (Å²) in [6, 6.07) is 3.35. The van der Waals surface area contributed by atoms with E-state index >= 15 is 0 Å². The van der Waals surface area contributed by atoms with Gasteiger partial charge in [0.05, 0.1) is 5.56 Å². The maximum Gasteiger partial charge on any atom is 0.328 e. The number of halogens is 1. The van der Waals surface area contributed by atoms with E-state index in [4.69, 9.17) is 22.0 Å². The normalized spacial score (nSPS) is 10.0. The molecule has 0 amide bonds. The molecule has 70 valence electrons. The molecule has 4 nitrogen and oxygen atoms in total. The highest BCUT2D eigenvalue weighted by atomic mass is 35.5. The van der Waals surface area contributed by atoms with Crippen LogP contribution in [-0.2, 0) is 4.79 Å². The standard InChI is InChI=1S/C9H5ClN2O2/c10-9-7(1-2-8(13)14)3-6(4-11)5-12-9/h1-3,5H,(H,13,14). The molecule has 1 aromatic rings. The van der Waals surface area contributed by atoms with Gasteiger partial charge in [-0.3, -0.25) is 0 Å². The Balaban J connectivity index is 3.08. The van der Waals surface area contributed by atoms with Crippen molar-refractivity contribution in [3.63, 3.8) is 0 Å². The maximum atomic E-state index is 10.2. The van der Waals surface area contributed by atoms with Crippen molar-refractivity contribution in [3.8, 4) is 6.07 Å². The first-order valence-corrected chi connectivity index (χ1v) is 3.98. The summed E-state index contributed by atoms with van der Waals surface area (Å²) < 4.78 is 0. The highest BCUT2D eigenvalue weighted by molar-refractivity contribution is 6.30. The number of aromatic nitrogens is 1. The predicted octanol–water partition coefficient (Wildman–Crippen LogP) is 1.70. The van der Waals surface area contributed by atoms with Crippen molar-refractivity contribution in [2.75, 3.05) is 0 Å². The Morgan fingerprint density at radius 2 is 2.43 bits per heavy atom. The molecule has 1 rings (SSSR count). The van der Waals surface area contributed by atoms with Crippen LogP contribution in [0.4, 0.5) is 0 Å². The largest absolute Gasteiger partial charge is 0.478 e. The summed E-state index contributed by atoms with van der Waals surface area (Å²) in [5, 5.41) is 17.1. The number of hydrogen-bond acceptors (Lipinski definition) is 3. The van der Waals surface area contributed by atoms with Gasteiger partial charge >= 0.3 is 5.97 Å². The summed E-state index contributed by atoms with van der Waals surface area (Å²) >= 11 is 5.67. The lowest BCUT2D eigenvalue weighted by Crippen LogP contribution is -1.88. The minimum atomic E-state index is -1.08. The second-order valence-electron chi connectivity index (χ2n) is 2.39. The van der Waals surface area contributed by atoms with Crippen LogP contribution in [0.5, 0.6) is 0 Å². The molecule has 1 aromatic heterocycles. The van der Waals surface area contributed by atoms with E-state index in [1.807, 2.05) is 6.07 Å². The monoisotopic (exact) mass is 208 g/mol. The molecule has 0 saturated carbocycles. The van der Waals surface area contributed by atoms with E-state index in [0.29, 0.717) is 11.1 Å². The molecule has 0 saturated heterocycles. The molecule has 0 aliphatic rings. The molecule has 0 bridgehead atoms. The van der Waals surface area contributed by atoms with Gasteiger partial charge < -0.3 is 5.11 Å². The lowest BCUT2D eigenvalue weighted by atomic mass is 10.2. The first-order chi connectivity index (χ1) is 6.63. The van der Waals surface area contributed by atoms with Crippen LogP contribution >= 0.6 is 11.6 Å².